The first-order valence-corrected chi connectivity index (χ1v) is 20.2. The van der Waals surface area contributed by atoms with E-state index in [-0.39, 0.29) is 43.5 Å². The number of nitrogens with zero attached hydrogens (tertiary/aromatic N) is 6. The molecule has 2 amide bonds. The van der Waals surface area contributed by atoms with Crippen molar-refractivity contribution in [2.45, 2.75) is 38.0 Å². The summed E-state index contributed by atoms with van der Waals surface area (Å²) in [6.45, 7) is 1.38. The largest absolute Gasteiger partial charge is 0.493 e. The van der Waals surface area contributed by atoms with Crippen LogP contribution in [0.3, 0.4) is 0 Å². The van der Waals surface area contributed by atoms with Crippen LogP contribution in [0, 0.1) is 5.92 Å². The van der Waals surface area contributed by atoms with E-state index in [0.29, 0.717) is 77.6 Å². The van der Waals surface area contributed by atoms with Gasteiger partial charge in [-0.05, 0) is 43.2 Å². The van der Waals surface area contributed by atoms with Crippen molar-refractivity contribution in [1.29, 1.82) is 0 Å². The van der Waals surface area contributed by atoms with Crippen LogP contribution in [0.2, 0.25) is 0 Å². The molecule has 2 aliphatic heterocycles. The van der Waals surface area contributed by atoms with Gasteiger partial charge in [0.25, 0.3) is 11.5 Å². The summed E-state index contributed by atoms with van der Waals surface area (Å²) in [5, 5.41) is 3.61. The van der Waals surface area contributed by atoms with E-state index in [1.807, 2.05) is 12.1 Å². The van der Waals surface area contributed by atoms with Gasteiger partial charge < -0.3 is 29.3 Å². The number of hydrogen-bond acceptors (Lipinski definition) is 11. The Kier molecular flexibility index (Phi) is 12.3. The summed E-state index contributed by atoms with van der Waals surface area (Å²) in [6, 6.07) is 13.6. The van der Waals surface area contributed by atoms with Gasteiger partial charge in [-0.3, -0.25) is 23.5 Å². The van der Waals surface area contributed by atoms with Gasteiger partial charge in [-0.15, -0.1) is 0 Å². The van der Waals surface area contributed by atoms with Crippen molar-refractivity contribution >= 4 is 38.6 Å². The van der Waals surface area contributed by atoms with Crippen molar-refractivity contribution in [2.24, 2.45) is 20.0 Å². The van der Waals surface area contributed by atoms with Gasteiger partial charge in [-0.25, -0.2) is 18.2 Å². The smallest absolute Gasteiger partial charge is 0.331 e. The number of benzene rings is 2. The summed E-state index contributed by atoms with van der Waals surface area (Å²) in [5.41, 5.74) is 0.494. The average molecular weight is 792 g/mol. The van der Waals surface area contributed by atoms with Crippen molar-refractivity contribution < 1.29 is 32.2 Å². The Balaban J connectivity index is 1.45. The van der Waals surface area contributed by atoms with Crippen molar-refractivity contribution in [1.82, 2.24) is 28.6 Å². The Hall–Kier alpha value is -5.42. The van der Waals surface area contributed by atoms with Crippen LogP contribution in [0.15, 0.2) is 58.1 Å². The normalized spacial score (nSPS) is 17.6. The first-order chi connectivity index (χ1) is 26.8. The van der Waals surface area contributed by atoms with Gasteiger partial charge in [-0.1, -0.05) is 30.3 Å². The number of carbonyl (C=O) groups excluding carboxylic acids is 2. The fraction of sp³-hybridized carbons (Fsp3) is 0.462. The van der Waals surface area contributed by atoms with Crippen LogP contribution in [-0.4, -0.2) is 104 Å². The number of pyridine rings is 1. The van der Waals surface area contributed by atoms with Crippen molar-refractivity contribution in [3.63, 3.8) is 0 Å². The number of piperidine rings is 1. The molecule has 0 radical (unpaired) electrons. The number of methoxy groups -OCH3 is 3. The third-order valence-corrected chi connectivity index (χ3v) is 12.3. The summed E-state index contributed by atoms with van der Waals surface area (Å²) in [4.78, 5) is 62.5. The number of anilines is 1. The molecule has 1 atom stereocenters. The number of nitrogens with one attached hydrogen (secondary N) is 1. The molecule has 2 aromatic heterocycles. The lowest BCUT2D eigenvalue weighted by molar-refractivity contribution is -0.121. The van der Waals surface area contributed by atoms with Gasteiger partial charge in [0.15, 0.2) is 11.5 Å². The summed E-state index contributed by atoms with van der Waals surface area (Å²) >= 11 is 0. The first-order valence-electron chi connectivity index (χ1n) is 18.6. The van der Waals surface area contributed by atoms with Crippen LogP contribution in [0.25, 0.3) is 10.9 Å². The molecule has 4 aromatic rings. The topological polar surface area (TPSA) is 175 Å². The first kappa shape index (κ1) is 40.2. The number of sulfonamides is 1. The van der Waals surface area contributed by atoms with Gasteiger partial charge in [0.1, 0.15) is 11.5 Å². The van der Waals surface area contributed by atoms with Gasteiger partial charge in [0.05, 0.1) is 39.1 Å². The fourth-order valence-corrected chi connectivity index (χ4v) is 8.97. The Morgan fingerprint density at radius 1 is 0.875 bits per heavy atom. The minimum Gasteiger partial charge on any atom is -0.493 e. The highest BCUT2D eigenvalue weighted by Crippen LogP contribution is 2.44. The van der Waals surface area contributed by atoms with Crippen LogP contribution in [0.5, 0.6) is 17.2 Å². The lowest BCUT2D eigenvalue weighted by atomic mass is 9.97. The van der Waals surface area contributed by atoms with Crippen LogP contribution in [0.4, 0.5) is 5.82 Å². The van der Waals surface area contributed by atoms with E-state index in [2.05, 4.69) is 10.2 Å². The predicted molar refractivity (Wildman–Crippen MR) is 211 cm³/mol. The lowest BCUT2D eigenvalue weighted by Crippen LogP contribution is -2.46. The quantitative estimate of drug-likeness (QED) is 0.291. The highest BCUT2D eigenvalue weighted by molar-refractivity contribution is 7.88. The number of rotatable bonds is 7. The van der Waals surface area contributed by atoms with Crippen LogP contribution in [-0.2, 0) is 41.2 Å². The average Bonchev–Trinajstić information content (AvgIpc) is 3.19. The van der Waals surface area contributed by atoms with E-state index in [9.17, 15) is 27.6 Å². The predicted octanol–water partition coefficient (Wildman–Crippen LogP) is 2.26. The molecule has 2 aromatic carbocycles. The van der Waals surface area contributed by atoms with Gasteiger partial charge >= 0.3 is 5.69 Å². The number of amides is 2. The van der Waals surface area contributed by atoms with E-state index in [4.69, 9.17) is 19.2 Å². The molecular formula is C39H49N7O9S. The molecule has 2 bridgehead atoms. The maximum atomic E-state index is 14.5. The molecule has 2 aliphatic rings. The Labute approximate surface area is 325 Å². The van der Waals surface area contributed by atoms with E-state index in [1.54, 1.807) is 35.2 Å². The van der Waals surface area contributed by atoms with Crippen LogP contribution >= 0.6 is 0 Å². The molecule has 0 aliphatic carbocycles. The van der Waals surface area contributed by atoms with Gasteiger partial charge in [0.2, 0.25) is 21.7 Å². The Morgan fingerprint density at radius 2 is 1.61 bits per heavy atom. The fourth-order valence-electron chi connectivity index (χ4n) is 7.45. The molecule has 4 heterocycles. The highest BCUT2D eigenvalue weighted by Gasteiger charge is 2.30. The second-order valence-corrected chi connectivity index (χ2v) is 16.2. The number of hydrogen-bond donors (Lipinski definition) is 1. The number of carbonyl (C=O) groups is 2. The highest BCUT2D eigenvalue weighted by atomic mass is 32.2. The van der Waals surface area contributed by atoms with Crippen molar-refractivity contribution in [3.05, 3.63) is 86.2 Å². The molecule has 1 fully saturated rings. The molecule has 0 spiro atoms. The molecule has 56 heavy (non-hydrogen) atoms. The monoisotopic (exact) mass is 791 g/mol. The summed E-state index contributed by atoms with van der Waals surface area (Å²) < 4.78 is 47.9. The lowest BCUT2D eigenvalue weighted by Gasteiger charge is -2.36. The SMILES string of the molecule is COc1cc2nc3c(cc2c(OC)c1OC)CN(C(=O)c1cc(=O)n(C)c(=O)n1C)CCCCN(S(=O)(=O)Cc1ccccc1)CC(=O)NCC1CCCN3C1. The van der Waals surface area contributed by atoms with Crippen LogP contribution in [0.1, 0.15) is 47.3 Å². The number of ether oxygens (including phenoxy) is 3. The summed E-state index contributed by atoms with van der Waals surface area (Å²) in [7, 11) is 3.44. The van der Waals surface area contributed by atoms with Crippen LogP contribution < -0.4 is 35.7 Å². The Morgan fingerprint density at radius 3 is 2.32 bits per heavy atom. The zero-order valence-electron chi connectivity index (χ0n) is 32.4. The zero-order chi connectivity index (χ0) is 40.1. The molecular weight excluding hydrogens is 743 g/mol. The minimum atomic E-state index is -3.91. The van der Waals surface area contributed by atoms with E-state index in [0.717, 1.165) is 28.0 Å². The Bertz CT molecular complexity index is 2330. The van der Waals surface area contributed by atoms with Gasteiger partial charge in [0, 0.05) is 76.4 Å². The van der Waals surface area contributed by atoms with Crippen molar-refractivity contribution in [2.75, 3.05) is 65.5 Å². The third-order valence-electron chi connectivity index (χ3n) is 10.5. The van der Waals surface area contributed by atoms with E-state index >= 15 is 0 Å². The molecule has 0 saturated carbocycles. The molecule has 16 nitrogen and oxygen atoms in total. The molecule has 17 heteroatoms. The van der Waals surface area contributed by atoms with E-state index in [1.165, 1.54) is 39.7 Å². The second-order valence-electron chi connectivity index (χ2n) is 14.2. The third kappa shape index (κ3) is 8.53. The second kappa shape index (κ2) is 17.2. The zero-order valence-corrected chi connectivity index (χ0v) is 33.3. The molecule has 6 rings (SSSR count). The van der Waals surface area contributed by atoms with E-state index < -0.39 is 33.1 Å². The van der Waals surface area contributed by atoms with Crippen molar-refractivity contribution in [3.8, 4) is 17.2 Å². The molecule has 1 saturated heterocycles. The maximum Gasteiger partial charge on any atom is 0.331 e. The standard InChI is InChI=1S/C39H49N7O9S/c1-42-31(20-34(48)43(2)39(42)50)38(49)45-15-9-10-17-46(56(51,52)25-26-12-7-6-8-13-26)24-33(47)40-21-27-14-11-16-44(22-27)37-28(23-45)18-29-30(41-37)19-32(53-3)36(55-5)35(29)54-4/h6-8,12-13,18-20,27H,9-11,14-17,21-25H2,1-5H3,(H,40,47). The molecule has 300 valence electrons. The maximum absolute atomic E-state index is 14.5. The van der Waals surface area contributed by atoms with Gasteiger partial charge in [-0.2, -0.15) is 4.31 Å². The number of aromatic nitrogens is 3. The minimum absolute atomic E-state index is 0.0214. The summed E-state index contributed by atoms with van der Waals surface area (Å²) in [6.07, 6.45) is 2.27. The summed E-state index contributed by atoms with van der Waals surface area (Å²) in [5.74, 6) is 0.632. The number of fused-ring (bicyclic) bond motifs is 5. The molecule has 1 N–H and O–H groups in total. The molecule has 1 unspecified atom stereocenters.